The summed E-state index contributed by atoms with van der Waals surface area (Å²) in [6, 6.07) is 0. The number of likely N-dealkylation sites (tertiary alicyclic amines) is 1. The summed E-state index contributed by atoms with van der Waals surface area (Å²) in [5.41, 5.74) is 0. The average Bonchev–Trinajstić information content (AvgIpc) is 2.41. The Morgan fingerprint density at radius 2 is 1.68 bits per heavy atom. The van der Waals surface area contributed by atoms with Gasteiger partial charge in [0, 0.05) is 26.2 Å². The molecule has 0 atom stereocenters. The number of rotatable bonds is 8. The van der Waals surface area contributed by atoms with Gasteiger partial charge in [0.05, 0.1) is 12.6 Å². The molecule has 0 aromatic heterocycles. The van der Waals surface area contributed by atoms with Gasteiger partial charge in [-0.05, 0) is 25.7 Å². The molecule has 1 amide bonds. The predicted octanol–water partition coefficient (Wildman–Crippen LogP) is 1.87. The van der Waals surface area contributed by atoms with E-state index in [4.69, 9.17) is 0 Å². The molecular formula is C15H30N2O2. The summed E-state index contributed by atoms with van der Waals surface area (Å²) < 4.78 is 0. The van der Waals surface area contributed by atoms with Crippen LogP contribution in [-0.2, 0) is 4.79 Å². The molecule has 1 aliphatic rings. The van der Waals surface area contributed by atoms with Crippen molar-refractivity contribution in [1.82, 2.24) is 9.80 Å². The van der Waals surface area contributed by atoms with Crippen molar-refractivity contribution >= 4 is 5.91 Å². The van der Waals surface area contributed by atoms with Crippen molar-refractivity contribution in [3.8, 4) is 0 Å². The summed E-state index contributed by atoms with van der Waals surface area (Å²) in [5.74, 6) is 0.262. The fraction of sp³-hybridized carbons (Fsp3) is 0.933. The highest BCUT2D eigenvalue weighted by molar-refractivity contribution is 5.78. The molecule has 0 spiro atoms. The smallest absolute Gasteiger partial charge is 0.236 e. The van der Waals surface area contributed by atoms with E-state index in [0.29, 0.717) is 6.54 Å². The van der Waals surface area contributed by atoms with Crippen LogP contribution in [0.2, 0.25) is 0 Å². The Balaban J connectivity index is 2.36. The second-order valence-electron chi connectivity index (χ2n) is 5.60. The molecule has 1 saturated heterocycles. The summed E-state index contributed by atoms with van der Waals surface area (Å²) in [4.78, 5) is 16.5. The van der Waals surface area contributed by atoms with E-state index in [-0.39, 0.29) is 12.0 Å². The molecule has 0 aromatic rings. The van der Waals surface area contributed by atoms with Gasteiger partial charge in [-0.25, -0.2) is 0 Å². The van der Waals surface area contributed by atoms with Crippen LogP contribution < -0.4 is 0 Å². The molecule has 0 radical (unpaired) electrons. The van der Waals surface area contributed by atoms with Crippen molar-refractivity contribution in [3.63, 3.8) is 0 Å². The van der Waals surface area contributed by atoms with Crippen LogP contribution in [0.15, 0.2) is 0 Å². The number of amides is 1. The summed E-state index contributed by atoms with van der Waals surface area (Å²) in [5, 5.41) is 9.48. The van der Waals surface area contributed by atoms with E-state index < -0.39 is 0 Å². The van der Waals surface area contributed by atoms with E-state index in [9.17, 15) is 9.90 Å². The van der Waals surface area contributed by atoms with Gasteiger partial charge < -0.3 is 10.0 Å². The maximum Gasteiger partial charge on any atom is 0.236 e. The molecular weight excluding hydrogens is 240 g/mol. The topological polar surface area (TPSA) is 43.8 Å². The van der Waals surface area contributed by atoms with E-state index in [2.05, 4.69) is 18.7 Å². The zero-order chi connectivity index (χ0) is 14.1. The molecule has 1 heterocycles. The van der Waals surface area contributed by atoms with E-state index in [0.717, 1.165) is 64.7 Å². The molecule has 0 aromatic carbocycles. The van der Waals surface area contributed by atoms with Crippen molar-refractivity contribution in [2.24, 2.45) is 0 Å². The van der Waals surface area contributed by atoms with Crippen molar-refractivity contribution in [2.75, 3.05) is 32.7 Å². The van der Waals surface area contributed by atoms with E-state index >= 15 is 0 Å². The standard InChI is InChI=1S/C15H30N2O2/c1-3-5-9-17(10-6-4-2)15(19)13-16-11-7-14(18)8-12-16/h14,18H,3-13H2,1-2H3. The minimum atomic E-state index is -0.164. The number of piperidine rings is 1. The van der Waals surface area contributed by atoms with Crippen LogP contribution in [0.1, 0.15) is 52.4 Å². The first-order valence-corrected chi connectivity index (χ1v) is 7.85. The number of hydrogen-bond acceptors (Lipinski definition) is 3. The highest BCUT2D eigenvalue weighted by Crippen LogP contribution is 2.10. The lowest BCUT2D eigenvalue weighted by atomic mass is 10.1. The van der Waals surface area contributed by atoms with Gasteiger partial charge >= 0.3 is 0 Å². The van der Waals surface area contributed by atoms with Crippen LogP contribution in [0, 0.1) is 0 Å². The molecule has 4 nitrogen and oxygen atoms in total. The minimum absolute atomic E-state index is 0.164. The molecule has 0 saturated carbocycles. The molecule has 112 valence electrons. The molecule has 4 heteroatoms. The zero-order valence-electron chi connectivity index (χ0n) is 12.6. The van der Waals surface area contributed by atoms with Crippen LogP contribution in [0.4, 0.5) is 0 Å². The first-order valence-electron chi connectivity index (χ1n) is 7.85. The number of unbranched alkanes of at least 4 members (excludes halogenated alkanes) is 2. The highest BCUT2D eigenvalue weighted by Gasteiger charge is 2.21. The maximum atomic E-state index is 12.3. The lowest BCUT2D eigenvalue weighted by molar-refractivity contribution is -0.133. The van der Waals surface area contributed by atoms with Crippen molar-refractivity contribution in [3.05, 3.63) is 0 Å². The Bertz CT molecular complexity index is 243. The molecule has 19 heavy (non-hydrogen) atoms. The Kier molecular flexibility index (Phi) is 8.07. The van der Waals surface area contributed by atoms with Gasteiger partial charge in [0.15, 0.2) is 0 Å². The Morgan fingerprint density at radius 1 is 1.16 bits per heavy atom. The molecule has 1 fully saturated rings. The molecule has 0 bridgehead atoms. The summed E-state index contributed by atoms with van der Waals surface area (Å²) in [6.07, 6.45) is 5.89. The van der Waals surface area contributed by atoms with Crippen molar-refractivity contribution in [2.45, 2.75) is 58.5 Å². The first-order chi connectivity index (χ1) is 9.17. The Labute approximate surface area is 117 Å². The predicted molar refractivity (Wildman–Crippen MR) is 78.1 cm³/mol. The van der Waals surface area contributed by atoms with Crippen LogP contribution in [0.5, 0.6) is 0 Å². The van der Waals surface area contributed by atoms with Gasteiger partial charge in [0.2, 0.25) is 5.91 Å². The summed E-state index contributed by atoms with van der Waals surface area (Å²) in [6.45, 7) is 8.34. The third-order valence-electron chi connectivity index (χ3n) is 3.83. The minimum Gasteiger partial charge on any atom is -0.393 e. The quantitative estimate of drug-likeness (QED) is 0.732. The van der Waals surface area contributed by atoms with Crippen molar-refractivity contribution < 1.29 is 9.90 Å². The zero-order valence-corrected chi connectivity index (χ0v) is 12.6. The number of carbonyl (C=O) groups excluding carboxylic acids is 1. The van der Waals surface area contributed by atoms with Gasteiger partial charge in [-0.1, -0.05) is 26.7 Å². The second-order valence-corrected chi connectivity index (χ2v) is 5.60. The first kappa shape index (κ1) is 16.4. The van der Waals surface area contributed by atoms with Crippen LogP contribution >= 0.6 is 0 Å². The number of carbonyl (C=O) groups is 1. The monoisotopic (exact) mass is 270 g/mol. The number of hydrogen-bond donors (Lipinski definition) is 1. The number of nitrogens with zero attached hydrogens (tertiary/aromatic N) is 2. The Morgan fingerprint density at radius 3 is 2.16 bits per heavy atom. The molecule has 0 aliphatic carbocycles. The average molecular weight is 270 g/mol. The SMILES string of the molecule is CCCCN(CCCC)C(=O)CN1CCC(O)CC1. The second kappa shape index (κ2) is 9.32. The third kappa shape index (κ3) is 6.39. The van der Waals surface area contributed by atoms with E-state index in [1.54, 1.807) is 0 Å². The number of aliphatic hydroxyl groups is 1. The van der Waals surface area contributed by atoms with E-state index in [1.807, 2.05) is 4.90 Å². The lowest BCUT2D eigenvalue weighted by Gasteiger charge is -2.31. The third-order valence-corrected chi connectivity index (χ3v) is 3.83. The normalized spacial score (nSPS) is 17.6. The van der Waals surface area contributed by atoms with Crippen LogP contribution in [0.3, 0.4) is 0 Å². The van der Waals surface area contributed by atoms with Gasteiger partial charge in [0.1, 0.15) is 0 Å². The van der Waals surface area contributed by atoms with Crippen LogP contribution in [0.25, 0.3) is 0 Å². The van der Waals surface area contributed by atoms with Gasteiger partial charge in [0.25, 0.3) is 0 Å². The summed E-state index contributed by atoms with van der Waals surface area (Å²) in [7, 11) is 0. The molecule has 0 unspecified atom stereocenters. The molecule has 1 rings (SSSR count). The molecule has 1 N–H and O–H groups in total. The maximum absolute atomic E-state index is 12.3. The fourth-order valence-corrected chi connectivity index (χ4v) is 2.43. The van der Waals surface area contributed by atoms with Gasteiger partial charge in [-0.2, -0.15) is 0 Å². The van der Waals surface area contributed by atoms with Crippen LogP contribution in [-0.4, -0.2) is 59.6 Å². The fourth-order valence-electron chi connectivity index (χ4n) is 2.43. The van der Waals surface area contributed by atoms with E-state index in [1.165, 1.54) is 0 Å². The largest absolute Gasteiger partial charge is 0.393 e. The number of aliphatic hydroxyl groups excluding tert-OH is 1. The van der Waals surface area contributed by atoms with Gasteiger partial charge in [-0.3, -0.25) is 9.69 Å². The highest BCUT2D eigenvalue weighted by atomic mass is 16.3. The summed E-state index contributed by atoms with van der Waals surface area (Å²) >= 11 is 0. The van der Waals surface area contributed by atoms with Gasteiger partial charge in [-0.15, -0.1) is 0 Å². The molecule has 1 aliphatic heterocycles. The lowest BCUT2D eigenvalue weighted by Crippen LogP contribution is -2.44. The van der Waals surface area contributed by atoms with Crippen molar-refractivity contribution in [1.29, 1.82) is 0 Å². The Hall–Kier alpha value is -0.610.